The molecule has 0 amide bonds. The van der Waals surface area contributed by atoms with Crippen molar-refractivity contribution in [2.45, 2.75) is 24.5 Å². The van der Waals surface area contributed by atoms with Crippen LogP contribution in [0.3, 0.4) is 0 Å². The monoisotopic (exact) mass is 262 g/mol. The van der Waals surface area contributed by atoms with Gasteiger partial charge in [0, 0.05) is 12.3 Å². The van der Waals surface area contributed by atoms with Crippen LogP contribution in [0.4, 0.5) is 0 Å². The molecule has 1 aromatic rings. The summed E-state index contributed by atoms with van der Waals surface area (Å²) in [5, 5.41) is 19.3. The molecule has 2 unspecified atom stereocenters. The topological polar surface area (TPSA) is 105 Å². The number of halogens is 1. The summed E-state index contributed by atoms with van der Waals surface area (Å²) in [6.07, 6.45) is -3.06. The molecule has 1 fully saturated rings. The molecule has 7 nitrogen and oxygen atoms in total. The van der Waals surface area contributed by atoms with Crippen LogP contribution in [-0.4, -0.2) is 44.0 Å². The molecule has 94 valence electrons. The van der Waals surface area contributed by atoms with Gasteiger partial charge in [0.05, 0.1) is 5.88 Å². The van der Waals surface area contributed by atoms with Crippen LogP contribution in [0.15, 0.2) is 21.9 Å². The van der Waals surface area contributed by atoms with E-state index in [0.29, 0.717) is 0 Å². The third-order valence-electron chi connectivity index (χ3n) is 2.61. The van der Waals surface area contributed by atoms with Crippen molar-refractivity contribution in [1.82, 2.24) is 9.55 Å². The van der Waals surface area contributed by atoms with Gasteiger partial charge in [-0.15, -0.1) is 11.6 Å². The highest BCUT2D eigenvalue weighted by Crippen LogP contribution is 2.28. The molecule has 8 heteroatoms. The summed E-state index contributed by atoms with van der Waals surface area (Å²) in [4.78, 5) is 24.4. The SMILES string of the molecule is O=c1ccn([C@H]2O[C@@H](CCl)C(O)C2O)c(=O)[nH]1. The van der Waals surface area contributed by atoms with Gasteiger partial charge in [0.2, 0.25) is 0 Å². The molecule has 0 aliphatic carbocycles. The first kappa shape index (κ1) is 12.3. The van der Waals surface area contributed by atoms with Gasteiger partial charge in [-0.25, -0.2) is 4.79 Å². The molecule has 0 aromatic carbocycles. The zero-order valence-corrected chi connectivity index (χ0v) is 9.37. The van der Waals surface area contributed by atoms with Crippen LogP contribution in [0, 0.1) is 0 Å². The number of hydrogen-bond acceptors (Lipinski definition) is 5. The molecule has 2 rings (SSSR count). The highest BCUT2D eigenvalue weighted by atomic mass is 35.5. The van der Waals surface area contributed by atoms with E-state index in [-0.39, 0.29) is 5.88 Å². The minimum atomic E-state index is -1.28. The fourth-order valence-corrected chi connectivity index (χ4v) is 1.97. The third kappa shape index (κ3) is 2.14. The number of hydrogen-bond donors (Lipinski definition) is 3. The largest absolute Gasteiger partial charge is 0.387 e. The Morgan fingerprint density at radius 3 is 2.65 bits per heavy atom. The molecule has 1 aliphatic rings. The number of nitrogens with one attached hydrogen (secondary N) is 1. The van der Waals surface area contributed by atoms with Crippen LogP contribution in [0.25, 0.3) is 0 Å². The summed E-state index contributed by atoms with van der Waals surface area (Å²) < 4.78 is 6.25. The van der Waals surface area contributed by atoms with Crippen LogP contribution >= 0.6 is 11.6 Å². The molecule has 1 aromatic heterocycles. The van der Waals surface area contributed by atoms with Crippen LogP contribution in [0.1, 0.15) is 6.23 Å². The molecule has 0 spiro atoms. The second-order valence-corrected chi connectivity index (χ2v) is 4.03. The Balaban J connectivity index is 2.35. The second kappa shape index (κ2) is 4.61. The predicted molar refractivity (Wildman–Crippen MR) is 58.0 cm³/mol. The fourth-order valence-electron chi connectivity index (χ4n) is 1.71. The minimum absolute atomic E-state index is 0.00711. The molecular weight excluding hydrogens is 252 g/mol. The number of ether oxygens (including phenoxy) is 1. The number of aromatic amines is 1. The van der Waals surface area contributed by atoms with Crippen LogP contribution < -0.4 is 11.2 Å². The highest BCUT2D eigenvalue weighted by molar-refractivity contribution is 6.18. The van der Waals surface area contributed by atoms with E-state index in [1.807, 2.05) is 4.98 Å². The molecule has 0 radical (unpaired) electrons. The second-order valence-electron chi connectivity index (χ2n) is 3.72. The lowest BCUT2D eigenvalue weighted by atomic mass is 10.1. The van der Waals surface area contributed by atoms with Crippen LogP contribution in [-0.2, 0) is 4.74 Å². The van der Waals surface area contributed by atoms with Gasteiger partial charge < -0.3 is 14.9 Å². The summed E-state index contributed by atoms with van der Waals surface area (Å²) in [5.41, 5.74) is -1.27. The molecule has 0 bridgehead atoms. The minimum Gasteiger partial charge on any atom is -0.387 e. The lowest BCUT2D eigenvalue weighted by Crippen LogP contribution is -2.37. The van der Waals surface area contributed by atoms with Crippen molar-refractivity contribution in [3.63, 3.8) is 0 Å². The normalized spacial score (nSPS) is 32.9. The standard InChI is InChI=1S/C9H11ClN2O5/c10-3-4-6(14)7(15)8(17-4)12-2-1-5(13)11-9(12)16/h1-2,4,6-8,14-15H,3H2,(H,11,13,16)/t4-,6?,7?,8-/m0/s1. The molecule has 4 atom stereocenters. The molecule has 3 N–H and O–H groups in total. The van der Waals surface area contributed by atoms with Gasteiger partial charge in [-0.05, 0) is 0 Å². The molecule has 1 saturated heterocycles. The number of nitrogens with zero attached hydrogens (tertiary/aromatic N) is 1. The predicted octanol–water partition coefficient (Wildman–Crippen LogP) is -1.61. The smallest absolute Gasteiger partial charge is 0.330 e. The van der Waals surface area contributed by atoms with E-state index in [4.69, 9.17) is 16.3 Å². The maximum absolute atomic E-state index is 11.5. The van der Waals surface area contributed by atoms with E-state index in [9.17, 15) is 19.8 Å². The van der Waals surface area contributed by atoms with Gasteiger partial charge in [-0.1, -0.05) is 0 Å². The van der Waals surface area contributed by atoms with Crippen molar-refractivity contribution in [3.05, 3.63) is 33.1 Å². The van der Waals surface area contributed by atoms with Gasteiger partial charge >= 0.3 is 5.69 Å². The van der Waals surface area contributed by atoms with Crippen LogP contribution in [0.5, 0.6) is 0 Å². The van der Waals surface area contributed by atoms with Gasteiger partial charge in [0.1, 0.15) is 18.3 Å². The molecular formula is C9H11ClN2O5. The third-order valence-corrected chi connectivity index (χ3v) is 2.92. The number of aliphatic hydroxyl groups excluding tert-OH is 2. The maximum atomic E-state index is 11.5. The van der Waals surface area contributed by atoms with Gasteiger partial charge in [-0.2, -0.15) is 0 Å². The first-order valence-electron chi connectivity index (χ1n) is 4.93. The van der Waals surface area contributed by atoms with Gasteiger partial charge in [-0.3, -0.25) is 14.3 Å². The number of rotatable bonds is 2. The number of H-pyrrole nitrogens is 1. The van der Waals surface area contributed by atoms with Crippen molar-refractivity contribution in [1.29, 1.82) is 0 Å². The van der Waals surface area contributed by atoms with E-state index in [1.165, 1.54) is 6.20 Å². The zero-order valence-electron chi connectivity index (χ0n) is 8.62. The van der Waals surface area contributed by atoms with Crippen LogP contribution in [0.2, 0.25) is 0 Å². The summed E-state index contributed by atoms with van der Waals surface area (Å²) in [7, 11) is 0. The van der Waals surface area contributed by atoms with E-state index >= 15 is 0 Å². The Bertz CT molecular complexity index is 513. The highest BCUT2D eigenvalue weighted by Gasteiger charge is 2.43. The summed E-state index contributed by atoms with van der Waals surface area (Å²) in [5.74, 6) is -0.00711. The van der Waals surface area contributed by atoms with Gasteiger partial charge in [0.25, 0.3) is 5.56 Å². The molecule has 2 heterocycles. The van der Waals surface area contributed by atoms with E-state index in [1.54, 1.807) is 0 Å². The number of aromatic nitrogens is 2. The van der Waals surface area contributed by atoms with Crippen molar-refractivity contribution in [3.8, 4) is 0 Å². The van der Waals surface area contributed by atoms with Crippen molar-refractivity contribution >= 4 is 11.6 Å². The average molecular weight is 263 g/mol. The van der Waals surface area contributed by atoms with E-state index in [0.717, 1.165) is 10.6 Å². The van der Waals surface area contributed by atoms with Crippen molar-refractivity contribution in [2.24, 2.45) is 0 Å². The number of alkyl halides is 1. The average Bonchev–Trinajstić information content (AvgIpc) is 2.57. The number of aliphatic hydroxyl groups is 2. The Labute approximate surface area is 100 Å². The van der Waals surface area contributed by atoms with E-state index in [2.05, 4.69) is 0 Å². The quantitative estimate of drug-likeness (QED) is 0.557. The lowest BCUT2D eigenvalue weighted by Gasteiger charge is -2.16. The Morgan fingerprint density at radius 2 is 2.12 bits per heavy atom. The van der Waals surface area contributed by atoms with Crippen molar-refractivity contribution in [2.75, 3.05) is 5.88 Å². The summed E-state index contributed by atoms with van der Waals surface area (Å²) in [6, 6.07) is 1.12. The van der Waals surface area contributed by atoms with Gasteiger partial charge in [0.15, 0.2) is 6.23 Å². The van der Waals surface area contributed by atoms with Crippen molar-refractivity contribution < 1.29 is 14.9 Å². The summed E-state index contributed by atoms with van der Waals surface area (Å²) in [6.45, 7) is 0. The first-order chi connectivity index (χ1) is 8.04. The summed E-state index contributed by atoms with van der Waals surface area (Å²) >= 11 is 5.54. The maximum Gasteiger partial charge on any atom is 0.330 e. The molecule has 0 saturated carbocycles. The Kier molecular flexibility index (Phi) is 3.34. The zero-order chi connectivity index (χ0) is 12.6. The first-order valence-corrected chi connectivity index (χ1v) is 5.47. The fraction of sp³-hybridized carbons (Fsp3) is 0.556. The lowest BCUT2D eigenvalue weighted by molar-refractivity contribution is -0.0343. The Hall–Kier alpha value is -1.15. The molecule has 17 heavy (non-hydrogen) atoms. The molecule has 1 aliphatic heterocycles. The Morgan fingerprint density at radius 1 is 1.41 bits per heavy atom. The van der Waals surface area contributed by atoms with E-state index < -0.39 is 35.8 Å².